The minimum Gasteiger partial charge on any atom is -0.481 e. The van der Waals surface area contributed by atoms with Crippen LogP contribution in [0.15, 0.2) is 53.5 Å². The standard InChI is InChI=1S/C28H28FN5O3S/c1-15-22(14-35)38-27-23(15)25(31-24(16(2)28(36)37)26-33-32-17(3)34(26)27)19-7-9-21(10-8-19)30-12-11-18-5-4-6-20(29)13-18/h4-10,13,16,24,30,35H,11-12,14H2,1-3H3,(H,36,37)/t16-,24?/m0/s1. The van der Waals surface area contributed by atoms with Crippen LogP contribution in [0.5, 0.6) is 0 Å². The SMILES string of the molecule is Cc1c(CO)sc2c1C(c1ccc(NCCc3cccc(F)c3)cc1)=NC([C@H](C)C(=O)O)c1nnc(C)n1-2. The monoisotopic (exact) mass is 533 g/mol. The number of fused-ring (bicyclic) bond motifs is 3. The lowest BCUT2D eigenvalue weighted by Gasteiger charge is -2.16. The van der Waals surface area contributed by atoms with Gasteiger partial charge in [0.1, 0.15) is 22.7 Å². The molecule has 1 unspecified atom stereocenters. The van der Waals surface area contributed by atoms with Crippen molar-refractivity contribution >= 4 is 28.7 Å². The van der Waals surface area contributed by atoms with Crippen molar-refractivity contribution in [1.29, 1.82) is 0 Å². The summed E-state index contributed by atoms with van der Waals surface area (Å²) in [5.74, 6) is -0.949. The molecule has 1 aliphatic heterocycles. The number of nitrogens with one attached hydrogen (secondary N) is 1. The zero-order valence-electron chi connectivity index (χ0n) is 21.3. The number of carboxylic acids is 1. The molecule has 3 heterocycles. The first-order valence-electron chi connectivity index (χ1n) is 12.3. The summed E-state index contributed by atoms with van der Waals surface area (Å²) in [7, 11) is 0. The van der Waals surface area contributed by atoms with E-state index in [1.807, 2.05) is 48.7 Å². The van der Waals surface area contributed by atoms with Crippen LogP contribution in [0.3, 0.4) is 0 Å². The molecule has 2 atom stereocenters. The molecule has 0 saturated heterocycles. The van der Waals surface area contributed by atoms with E-state index >= 15 is 0 Å². The lowest BCUT2D eigenvalue weighted by atomic mass is 9.98. The third-order valence-corrected chi connectivity index (χ3v) is 8.11. The predicted molar refractivity (Wildman–Crippen MR) is 145 cm³/mol. The molecule has 4 aromatic rings. The van der Waals surface area contributed by atoms with Crippen molar-refractivity contribution in [2.75, 3.05) is 11.9 Å². The average Bonchev–Trinajstić information content (AvgIpc) is 3.39. The topological polar surface area (TPSA) is 113 Å². The summed E-state index contributed by atoms with van der Waals surface area (Å²) in [5, 5.41) is 32.6. The molecule has 0 fully saturated rings. The summed E-state index contributed by atoms with van der Waals surface area (Å²) in [4.78, 5) is 17.8. The number of carbonyl (C=O) groups is 1. The second kappa shape index (κ2) is 10.5. The lowest BCUT2D eigenvalue weighted by molar-refractivity contribution is -0.141. The second-order valence-corrected chi connectivity index (χ2v) is 10.4. The Hall–Kier alpha value is -3.89. The van der Waals surface area contributed by atoms with Gasteiger partial charge in [-0.2, -0.15) is 0 Å². The minimum absolute atomic E-state index is 0.115. The first kappa shape index (κ1) is 25.7. The molecule has 10 heteroatoms. The van der Waals surface area contributed by atoms with Gasteiger partial charge in [0, 0.05) is 28.2 Å². The van der Waals surface area contributed by atoms with E-state index in [0.717, 1.165) is 37.8 Å². The summed E-state index contributed by atoms with van der Waals surface area (Å²) >= 11 is 1.44. The molecule has 2 aromatic heterocycles. The van der Waals surface area contributed by atoms with E-state index in [4.69, 9.17) is 4.99 Å². The highest BCUT2D eigenvalue weighted by molar-refractivity contribution is 7.15. The number of benzene rings is 2. The van der Waals surface area contributed by atoms with Gasteiger partial charge in [0.15, 0.2) is 5.82 Å². The fraction of sp³-hybridized carbons (Fsp3) is 0.286. The maximum absolute atomic E-state index is 13.4. The van der Waals surface area contributed by atoms with Gasteiger partial charge in [0.2, 0.25) is 0 Å². The van der Waals surface area contributed by atoms with E-state index in [0.29, 0.717) is 30.3 Å². The van der Waals surface area contributed by atoms with Crippen molar-refractivity contribution in [2.45, 2.75) is 39.8 Å². The molecular weight excluding hydrogens is 505 g/mol. The number of aliphatic hydroxyl groups is 1. The van der Waals surface area contributed by atoms with Gasteiger partial charge < -0.3 is 15.5 Å². The first-order chi connectivity index (χ1) is 18.3. The highest BCUT2D eigenvalue weighted by atomic mass is 32.1. The molecule has 3 N–H and O–H groups in total. The Morgan fingerprint density at radius 2 is 1.95 bits per heavy atom. The Morgan fingerprint density at radius 1 is 1.18 bits per heavy atom. The molecule has 1 aliphatic rings. The molecule has 5 rings (SSSR count). The van der Waals surface area contributed by atoms with E-state index in [1.54, 1.807) is 13.0 Å². The Labute approximate surface area is 223 Å². The number of thiophene rings is 1. The third kappa shape index (κ3) is 4.72. The Morgan fingerprint density at radius 3 is 2.63 bits per heavy atom. The van der Waals surface area contributed by atoms with Gasteiger partial charge in [-0.3, -0.25) is 14.4 Å². The molecule has 0 radical (unpaired) electrons. The molecular formula is C28H28FN5O3S. The highest BCUT2D eigenvalue weighted by Crippen LogP contribution is 2.41. The molecule has 0 spiro atoms. The van der Waals surface area contributed by atoms with Gasteiger partial charge in [-0.15, -0.1) is 21.5 Å². The van der Waals surface area contributed by atoms with E-state index in [9.17, 15) is 19.4 Å². The molecule has 0 amide bonds. The Bertz CT molecular complexity index is 1530. The molecule has 2 aromatic carbocycles. The van der Waals surface area contributed by atoms with Gasteiger partial charge in [0.05, 0.1) is 18.2 Å². The molecule has 8 nitrogen and oxygen atoms in total. The summed E-state index contributed by atoms with van der Waals surface area (Å²) in [6.45, 7) is 5.92. The third-order valence-electron chi connectivity index (χ3n) is 6.85. The van der Waals surface area contributed by atoms with E-state index in [2.05, 4.69) is 15.5 Å². The van der Waals surface area contributed by atoms with Crippen LogP contribution < -0.4 is 5.32 Å². The highest BCUT2D eigenvalue weighted by Gasteiger charge is 2.36. The van der Waals surface area contributed by atoms with E-state index in [-0.39, 0.29) is 12.4 Å². The number of hydrogen-bond donors (Lipinski definition) is 3. The number of anilines is 1. The molecule has 0 saturated carbocycles. The fourth-order valence-corrected chi connectivity index (χ4v) is 5.91. The van der Waals surface area contributed by atoms with Crippen LogP contribution in [-0.4, -0.2) is 43.2 Å². The number of nitrogens with zero attached hydrogens (tertiary/aromatic N) is 4. The van der Waals surface area contributed by atoms with Crippen molar-refractivity contribution in [3.05, 3.63) is 93.1 Å². The number of hydrogen-bond acceptors (Lipinski definition) is 7. The number of aliphatic hydroxyl groups excluding tert-OH is 1. The smallest absolute Gasteiger partial charge is 0.308 e. The summed E-state index contributed by atoms with van der Waals surface area (Å²) < 4.78 is 15.3. The fourth-order valence-electron chi connectivity index (χ4n) is 4.69. The Balaban J connectivity index is 1.51. The number of aryl methyl sites for hydroxylation is 1. The van der Waals surface area contributed by atoms with Crippen molar-refractivity contribution < 1.29 is 19.4 Å². The largest absolute Gasteiger partial charge is 0.481 e. The van der Waals surface area contributed by atoms with Crippen LogP contribution in [-0.2, 0) is 17.8 Å². The van der Waals surface area contributed by atoms with Crippen LogP contribution in [0, 0.1) is 25.6 Å². The normalized spacial score (nSPS) is 15.3. The van der Waals surface area contributed by atoms with Gasteiger partial charge in [0.25, 0.3) is 0 Å². The molecule has 38 heavy (non-hydrogen) atoms. The number of halogens is 1. The zero-order chi connectivity index (χ0) is 27.0. The second-order valence-electron chi connectivity index (χ2n) is 9.36. The Kier molecular flexibility index (Phi) is 7.09. The average molecular weight is 534 g/mol. The zero-order valence-corrected chi connectivity index (χ0v) is 22.1. The minimum atomic E-state index is -0.971. The number of aromatic nitrogens is 3. The van der Waals surface area contributed by atoms with Crippen molar-refractivity contribution in [2.24, 2.45) is 10.9 Å². The van der Waals surface area contributed by atoms with E-state index < -0.39 is 17.9 Å². The van der Waals surface area contributed by atoms with Crippen LogP contribution >= 0.6 is 11.3 Å². The van der Waals surface area contributed by atoms with Gasteiger partial charge in [-0.05, 0) is 62.6 Å². The van der Waals surface area contributed by atoms with Crippen LogP contribution in [0.4, 0.5) is 10.1 Å². The maximum Gasteiger partial charge on any atom is 0.308 e. The van der Waals surface area contributed by atoms with Gasteiger partial charge in [-0.1, -0.05) is 24.3 Å². The first-order valence-corrected chi connectivity index (χ1v) is 13.1. The van der Waals surface area contributed by atoms with Crippen LogP contribution in [0.1, 0.15) is 51.7 Å². The van der Waals surface area contributed by atoms with Crippen molar-refractivity contribution in [3.8, 4) is 5.00 Å². The number of aliphatic imine (C=N–C) groups is 1. The summed E-state index contributed by atoms with van der Waals surface area (Å²) in [6.07, 6.45) is 0.682. The number of rotatable bonds is 8. The number of carboxylic acid groups (broad SMARTS) is 1. The number of aliphatic carboxylic acids is 1. The van der Waals surface area contributed by atoms with E-state index in [1.165, 1.54) is 23.5 Å². The lowest BCUT2D eigenvalue weighted by Crippen LogP contribution is -2.21. The molecule has 0 bridgehead atoms. The van der Waals surface area contributed by atoms with Gasteiger partial charge in [-0.25, -0.2) is 4.39 Å². The summed E-state index contributed by atoms with van der Waals surface area (Å²) in [5.41, 5.74) is 5.04. The molecule has 196 valence electrons. The quantitative estimate of drug-likeness (QED) is 0.299. The molecule has 0 aliphatic carbocycles. The summed E-state index contributed by atoms with van der Waals surface area (Å²) in [6, 6.07) is 13.6. The van der Waals surface area contributed by atoms with Crippen LogP contribution in [0.2, 0.25) is 0 Å². The van der Waals surface area contributed by atoms with Crippen LogP contribution in [0.25, 0.3) is 5.00 Å². The van der Waals surface area contributed by atoms with Gasteiger partial charge >= 0.3 is 5.97 Å². The maximum atomic E-state index is 13.4. The predicted octanol–water partition coefficient (Wildman–Crippen LogP) is 4.84. The van der Waals surface area contributed by atoms with Crippen molar-refractivity contribution in [3.63, 3.8) is 0 Å². The van der Waals surface area contributed by atoms with Crippen molar-refractivity contribution in [1.82, 2.24) is 14.8 Å².